The van der Waals surface area contributed by atoms with Crippen LogP contribution in [0.15, 0.2) is 18.2 Å². The van der Waals surface area contributed by atoms with Crippen LogP contribution in [0.25, 0.3) is 0 Å². The Morgan fingerprint density at radius 1 is 1.33 bits per heavy atom. The van der Waals surface area contributed by atoms with Gasteiger partial charge in [0.1, 0.15) is 12.4 Å². The molecule has 112 valence electrons. The van der Waals surface area contributed by atoms with Crippen LogP contribution in [0, 0.1) is 0 Å². The van der Waals surface area contributed by atoms with Gasteiger partial charge in [0, 0.05) is 31.6 Å². The number of hydrogen-bond donors (Lipinski definition) is 2. The van der Waals surface area contributed by atoms with Crippen LogP contribution in [0.3, 0.4) is 0 Å². The molecule has 6 heteroatoms. The molecule has 2 heterocycles. The first-order valence-electron chi connectivity index (χ1n) is 7.20. The molecular weight excluding hydrogens is 270 g/mol. The van der Waals surface area contributed by atoms with E-state index in [1.54, 1.807) is 0 Å². The van der Waals surface area contributed by atoms with E-state index in [1.165, 1.54) is 5.56 Å². The Kier molecular flexibility index (Phi) is 3.90. The molecule has 1 aromatic carbocycles. The lowest BCUT2D eigenvalue weighted by atomic mass is 10.0. The zero-order valence-electron chi connectivity index (χ0n) is 11.8. The van der Waals surface area contributed by atoms with Gasteiger partial charge in [0.2, 0.25) is 11.8 Å². The minimum Gasteiger partial charge on any atom is -0.492 e. The van der Waals surface area contributed by atoms with Crippen molar-refractivity contribution in [2.24, 2.45) is 5.73 Å². The second kappa shape index (κ2) is 5.83. The number of rotatable bonds is 4. The molecule has 2 aliphatic rings. The molecule has 0 spiro atoms. The zero-order chi connectivity index (χ0) is 14.8. The first-order chi connectivity index (χ1) is 10.2. The lowest BCUT2D eigenvalue weighted by molar-refractivity contribution is -0.137. The lowest BCUT2D eigenvalue weighted by Crippen LogP contribution is -2.50. The Morgan fingerprint density at radius 3 is 2.95 bits per heavy atom. The molecule has 0 aliphatic carbocycles. The van der Waals surface area contributed by atoms with Crippen LogP contribution < -0.4 is 15.8 Å². The van der Waals surface area contributed by atoms with Gasteiger partial charge in [0.15, 0.2) is 0 Å². The topological polar surface area (TPSA) is 84.7 Å². The Balaban J connectivity index is 1.75. The number of nitrogens with two attached hydrogens (primary N) is 1. The van der Waals surface area contributed by atoms with Gasteiger partial charge in [-0.25, -0.2) is 0 Å². The maximum absolute atomic E-state index is 12.0. The van der Waals surface area contributed by atoms with Crippen molar-refractivity contribution in [1.82, 2.24) is 10.2 Å². The van der Waals surface area contributed by atoms with Crippen molar-refractivity contribution in [3.05, 3.63) is 29.3 Å². The molecule has 0 radical (unpaired) electrons. The van der Waals surface area contributed by atoms with Crippen LogP contribution in [0.2, 0.25) is 0 Å². The van der Waals surface area contributed by atoms with E-state index < -0.39 is 0 Å². The Hall–Kier alpha value is -1.92. The first kappa shape index (κ1) is 14.0. The molecule has 1 saturated heterocycles. The summed E-state index contributed by atoms with van der Waals surface area (Å²) in [5.74, 6) is 0.469. The second-order valence-corrected chi connectivity index (χ2v) is 5.40. The third-order valence-corrected chi connectivity index (χ3v) is 3.99. The summed E-state index contributed by atoms with van der Waals surface area (Å²) in [6, 6.07) is 5.70. The second-order valence-electron chi connectivity index (χ2n) is 5.40. The summed E-state index contributed by atoms with van der Waals surface area (Å²) >= 11 is 0. The summed E-state index contributed by atoms with van der Waals surface area (Å²) in [4.78, 5) is 25.3. The van der Waals surface area contributed by atoms with Crippen LogP contribution in [0.4, 0.5) is 0 Å². The molecule has 0 bridgehead atoms. The third kappa shape index (κ3) is 2.77. The third-order valence-electron chi connectivity index (χ3n) is 3.99. The van der Waals surface area contributed by atoms with Gasteiger partial charge in [0.25, 0.3) is 0 Å². The highest BCUT2D eigenvalue weighted by molar-refractivity contribution is 6.00. The van der Waals surface area contributed by atoms with E-state index in [-0.39, 0.29) is 17.9 Å². The quantitative estimate of drug-likeness (QED) is 0.771. The molecule has 21 heavy (non-hydrogen) atoms. The molecule has 1 fully saturated rings. The van der Waals surface area contributed by atoms with Crippen molar-refractivity contribution in [2.75, 3.05) is 13.2 Å². The first-order valence-corrected chi connectivity index (χ1v) is 7.20. The molecule has 0 saturated carbocycles. The average molecular weight is 289 g/mol. The number of nitrogens with one attached hydrogen (secondary N) is 1. The predicted molar refractivity (Wildman–Crippen MR) is 76.4 cm³/mol. The molecule has 1 aromatic rings. The number of carbonyl (C=O) groups is 2. The Labute approximate surface area is 123 Å². The van der Waals surface area contributed by atoms with E-state index in [2.05, 4.69) is 16.3 Å². The minimum atomic E-state index is -0.238. The summed E-state index contributed by atoms with van der Waals surface area (Å²) in [7, 11) is 0. The van der Waals surface area contributed by atoms with Gasteiger partial charge < -0.3 is 10.5 Å². The van der Waals surface area contributed by atoms with Gasteiger partial charge in [-0.05, 0) is 18.1 Å². The number of amides is 2. The average Bonchev–Trinajstić information content (AvgIpc) is 2.89. The van der Waals surface area contributed by atoms with Crippen molar-refractivity contribution in [1.29, 1.82) is 0 Å². The van der Waals surface area contributed by atoms with Crippen LogP contribution in [-0.2, 0) is 22.7 Å². The molecule has 1 atom stereocenters. The largest absolute Gasteiger partial charge is 0.492 e. The molecule has 3 N–H and O–H groups in total. The zero-order valence-corrected chi connectivity index (χ0v) is 11.8. The lowest BCUT2D eigenvalue weighted by Gasteiger charge is -2.29. The highest BCUT2D eigenvalue weighted by Crippen LogP contribution is 2.33. The fourth-order valence-corrected chi connectivity index (χ4v) is 2.97. The van der Waals surface area contributed by atoms with E-state index in [0.717, 1.165) is 11.3 Å². The maximum atomic E-state index is 12.0. The molecule has 6 nitrogen and oxygen atoms in total. The molecule has 1 unspecified atom stereocenters. The Bertz CT molecular complexity index is 573. The van der Waals surface area contributed by atoms with Gasteiger partial charge in [-0.15, -0.1) is 0 Å². The van der Waals surface area contributed by atoms with E-state index in [9.17, 15) is 9.59 Å². The number of nitrogens with zero attached hydrogens (tertiary/aromatic N) is 1. The van der Waals surface area contributed by atoms with Gasteiger partial charge in [-0.2, -0.15) is 0 Å². The predicted octanol–water partition coefficient (Wildman–Crippen LogP) is 0.145. The molecule has 0 aromatic heterocycles. The van der Waals surface area contributed by atoms with Gasteiger partial charge in [-0.3, -0.25) is 19.8 Å². The summed E-state index contributed by atoms with van der Waals surface area (Å²) in [6.45, 7) is 2.33. The standard InChI is InChI=1S/C15H19N3O3/c16-6-7-21-13-3-1-2-10-8-18(9-11(10)13)12-4-5-14(19)17-15(12)20/h1-3,12H,4-9,16H2,(H,17,19,20). The van der Waals surface area contributed by atoms with Crippen LogP contribution in [0.5, 0.6) is 5.75 Å². The fourth-order valence-electron chi connectivity index (χ4n) is 2.97. The smallest absolute Gasteiger partial charge is 0.243 e. The highest BCUT2D eigenvalue weighted by Gasteiger charge is 2.35. The number of imide groups is 1. The maximum Gasteiger partial charge on any atom is 0.243 e. The number of hydrogen-bond acceptors (Lipinski definition) is 5. The van der Waals surface area contributed by atoms with Crippen molar-refractivity contribution in [2.45, 2.75) is 32.0 Å². The van der Waals surface area contributed by atoms with Crippen molar-refractivity contribution >= 4 is 11.8 Å². The number of ether oxygens (including phenoxy) is 1. The summed E-state index contributed by atoms with van der Waals surface area (Å²) in [6.07, 6.45) is 0.984. The van der Waals surface area contributed by atoms with Crippen LogP contribution >= 0.6 is 0 Å². The molecule has 2 aliphatic heterocycles. The SMILES string of the molecule is NCCOc1cccc2c1CN(C1CCC(=O)NC1=O)C2. The van der Waals surface area contributed by atoms with E-state index >= 15 is 0 Å². The number of benzene rings is 1. The van der Waals surface area contributed by atoms with Gasteiger partial charge >= 0.3 is 0 Å². The monoisotopic (exact) mass is 289 g/mol. The number of piperidine rings is 1. The van der Waals surface area contributed by atoms with E-state index in [1.807, 2.05) is 12.1 Å². The van der Waals surface area contributed by atoms with Crippen LogP contribution in [0.1, 0.15) is 24.0 Å². The van der Waals surface area contributed by atoms with E-state index in [4.69, 9.17) is 10.5 Å². The number of carbonyl (C=O) groups excluding carboxylic acids is 2. The normalized spacial score (nSPS) is 22.0. The van der Waals surface area contributed by atoms with Gasteiger partial charge in [-0.1, -0.05) is 12.1 Å². The summed E-state index contributed by atoms with van der Waals surface area (Å²) in [5.41, 5.74) is 7.77. The number of fused-ring (bicyclic) bond motifs is 1. The summed E-state index contributed by atoms with van der Waals surface area (Å²) < 4.78 is 5.67. The summed E-state index contributed by atoms with van der Waals surface area (Å²) in [5, 5.41) is 2.41. The van der Waals surface area contributed by atoms with Crippen molar-refractivity contribution in [3.63, 3.8) is 0 Å². The van der Waals surface area contributed by atoms with Crippen molar-refractivity contribution < 1.29 is 14.3 Å². The van der Waals surface area contributed by atoms with Gasteiger partial charge in [0.05, 0.1) is 6.04 Å². The van der Waals surface area contributed by atoms with E-state index in [0.29, 0.717) is 39.1 Å². The van der Waals surface area contributed by atoms with Crippen molar-refractivity contribution in [3.8, 4) is 5.75 Å². The Morgan fingerprint density at radius 2 is 2.19 bits per heavy atom. The van der Waals surface area contributed by atoms with Crippen LogP contribution in [-0.4, -0.2) is 35.9 Å². The molecule has 3 rings (SSSR count). The molecule has 2 amide bonds. The minimum absolute atomic E-state index is 0.181. The highest BCUT2D eigenvalue weighted by atomic mass is 16.5. The molecular formula is C15H19N3O3. The fraction of sp³-hybridized carbons (Fsp3) is 0.467.